The van der Waals surface area contributed by atoms with Crippen molar-refractivity contribution < 1.29 is 13.6 Å². The van der Waals surface area contributed by atoms with Gasteiger partial charge in [-0.05, 0) is 36.2 Å². The molecule has 0 bridgehead atoms. The maximum absolute atomic E-state index is 13.3. The van der Waals surface area contributed by atoms with Crippen molar-refractivity contribution in [3.63, 3.8) is 0 Å². The van der Waals surface area contributed by atoms with Crippen molar-refractivity contribution in [3.8, 4) is 0 Å². The molecule has 1 amide bonds. The Morgan fingerprint density at radius 2 is 1.71 bits per heavy atom. The molecule has 3 nitrogen and oxygen atoms in total. The molecule has 0 unspecified atom stereocenters. The quantitative estimate of drug-likeness (QED) is 0.863. The number of amides is 1. The fourth-order valence-corrected chi connectivity index (χ4v) is 2.95. The van der Waals surface area contributed by atoms with Crippen LogP contribution in [0, 0.1) is 18.6 Å². The average Bonchev–Trinajstić information content (AvgIpc) is 2.59. The Kier molecular flexibility index (Phi) is 4.90. The first-order valence-electron chi connectivity index (χ1n) is 8.06. The number of halogens is 2. The highest BCUT2D eigenvalue weighted by atomic mass is 19.2. The van der Waals surface area contributed by atoms with Crippen LogP contribution < -0.4 is 0 Å². The molecule has 5 heteroatoms. The second-order valence-electron chi connectivity index (χ2n) is 6.12. The molecule has 1 fully saturated rings. The van der Waals surface area contributed by atoms with Crippen LogP contribution in [0.3, 0.4) is 0 Å². The van der Waals surface area contributed by atoms with Gasteiger partial charge in [0.2, 0.25) is 0 Å². The van der Waals surface area contributed by atoms with Crippen LogP contribution in [0.25, 0.3) is 0 Å². The van der Waals surface area contributed by atoms with Crippen LogP contribution in [-0.4, -0.2) is 41.9 Å². The van der Waals surface area contributed by atoms with Crippen molar-refractivity contribution in [2.45, 2.75) is 13.5 Å². The van der Waals surface area contributed by atoms with Crippen LogP contribution >= 0.6 is 0 Å². The van der Waals surface area contributed by atoms with Gasteiger partial charge in [-0.2, -0.15) is 0 Å². The predicted molar refractivity (Wildman–Crippen MR) is 88.7 cm³/mol. The van der Waals surface area contributed by atoms with E-state index in [4.69, 9.17) is 0 Å². The number of hydrogen-bond donors (Lipinski definition) is 0. The Balaban J connectivity index is 1.59. The minimum absolute atomic E-state index is 0.196. The highest BCUT2D eigenvalue weighted by Crippen LogP contribution is 2.15. The maximum Gasteiger partial charge on any atom is 0.254 e. The molecule has 0 aliphatic carbocycles. The molecule has 2 aromatic carbocycles. The van der Waals surface area contributed by atoms with E-state index in [9.17, 15) is 13.6 Å². The Labute approximate surface area is 140 Å². The predicted octanol–water partition coefficient (Wildman–Crippen LogP) is 3.23. The van der Waals surface area contributed by atoms with Gasteiger partial charge in [0.1, 0.15) is 0 Å². The third kappa shape index (κ3) is 3.62. The van der Waals surface area contributed by atoms with E-state index in [1.165, 1.54) is 17.2 Å². The maximum atomic E-state index is 13.3. The van der Waals surface area contributed by atoms with E-state index in [0.717, 1.165) is 31.8 Å². The van der Waals surface area contributed by atoms with Crippen molar-refractivity contribution in [1.29, 1.82) is 0 Å². The van der Waals surface area contributed by atoms with E-state index >= 15 is 0 Å². The molecule has 0 N–H and O–H groups in total. The molecular weight excluding hydrogens is 310 g/mol. The van der Waals surface area contributed by atoms with Gasteiger partial charge in [-0.1, -0.05) is 24.3 Å². The summed E-state index contributed by atoms with van der Waals surface area (Å²) in [5.41, 5.74) is 2.75. The Hall–Kier alpha value is -2.27. The molecule has 0 spiro atoms. The molecule has 1 saturated heterocycles. The van der Waals surface area contributed by atoms with Crippen molar-refractivity contribution in [2.75, 3.05) is 26.2 Å². The number of piperazine rings is 1. The number of rotatable bonds is 3. The topological polar surface area (TPSA) is 23.6 Å². The molecule has 1 aliphatic heterocycles. The molecule has 1 heterocycles. The van der Waals surface area contributed by atoms with Gasteiger partial charge in [0.25, 0.3) is 5.91 Å². The minimum atomic E-state index is -0.987. The highest BCUT2D eigenvalue weighted by Gasteiger charge is 2.23. The SMILES string of the molecule is Cc1ccccc1CN1CCN(C(=O)c2ccc(F)c(F)c2)CC1. The van der Waals surface area contributed by atoms with E-state index in [1.807, 2.05) is 12.1 Å². The summed E-state index contributed by atoms with van der Waals surface area (Å²) in [5.74, 6) is -2.17. The van der Waals surface area contributed by atoms with Gasteiger partial charge in [0.05, 0.1) is 0 Å². The number of hydrogen-bond acceptors (Lipinski definition) is 2. The van der Waals surface area contributed by atoms with Crippen molar-refractivity contribution >= 4 is 5.91 Å². The molecule has 1 aliphatic rings. The summed E-state index contributed by atoms with van der Waals surface area (Å²) in [6.45, 7) is 5.67. The number of carbonyl (C=O) groups excluding carboxylic acids is 1. The standard InChI is InChI=1S/C19H20F2N2O/c1-14-4-2-3-5-16(14)13-22-8-10-23(11-9-22)19(24)15-6-7-17(20)18(21)12-15/h2-7,12H,8-11,13H2,1H3. The molecule has 0 atom stereocenters. The van der Waals surface area contributed by atoms with Gasteiger partial charge in [0, 0.05) is 38.3 Å². The summed E-state index contributed by atoms with van der Waals surface area (Å²) in [4.78, 5) is 16.4. The second-order valence-corrected chi connectivity index (χ2v) is 6.12. The Morgan fingerprint density at radius 1 is 1.00 bits per heavy atom. The number of aryl methyl sites for hydroxylation is 1. The third-order valence-corrected chi connectivity index (χ3v) is 4.48. The van der Waals surface area contributed by atoms with Gasteiger partial charge in [-0.3, -0.25) is 9.69 Å². The smallest absolute Gasteiger partial charge is 0.254 e. The number of benzene rings is 2. The van der Waals surface area contributed by atoms with E-state index < -0.39 is 11.6 Å². The Bertz CT molecular complexity index is 740. The largest absolute Gasteiger partial charge is 0.336 e. The van der Waals surface area contributed by atoms with E-state index in [2.05, 4.69) is 24.0 Å². The molecule has 126 valence electrons. The van der Waals surface area contributed by atoms with Gasteiger partial charge in [-0.25, -0.2) is 8.78 Å². The summed E-state index contributed by atoms with van der Waals surface area (Å²) >= 11 is 0. The second kappa shape index (κ2) is 7.09. The lowest BCUT2D eigenvalue weighted by atomic mass is 10.1. The van der Waals surface area contributed by atoms with Gasteiger partial charge < -0.3 is 4.90 Å². The molecule has 3 rings (SSSR count). The van der Waals surface area contributed by atoms with Crippen molar-refractivity contribution in [1.82, 2.24) is 9.80 Å². The van der Waals surface area contributed by atoms with Crippen LogP contribution in [0.2, 0.25) is 0 Å². The number of carbonyl (C=O) groups is 1. The average molecular weight is 330 g/mol. The van der Waals surface area contributed by atoms with Crippen LogP contribution in [-0.2, 0) is 6.54 Å². The lowest BCUT2D eigenvalue weighted by molar-refractivity contribution is 0.0627. The fourth-order valence-electron chi connectivity index (χ4n) is 2.95. The first-order valence-corrected chi connectivity index (χ1v) is 8.06. The normalized spacial score (nSPS) is 15.5. The third-order valence-electron chi connectivity index (χ3n) is 4.48. The van der Waals surface area contributed by atoms with Crippen LogP contribution in [0.4, 0.5) is 8.78 Å². The highest BCUT2D eigenvalue weighted by molar-refractivity contribution is 5.94. The zero-order valence-electron chi connectivity index (χ0n) is 13.6. The summed E-state index contributed by atoms with van der Waals surface area (Å²) in [6, 6.07) is 11.6. The van der Waals surface area contributed by atoms with Crippen molar-refractivity contribution in [2.24, 2.45) is 0 Å². The lowest BCUT2D eigenvalue weighted by Gasteiger charge is -2.35. The lowest BCUT2D eigenvalue weighted by Crippen LogP contribution is -2.48. The summed E-state index contributed by atoms with van der Waals surface area (Å²) < 4.78 is 26.3. The van der Waals surface area contributed by atoms with E-state index in [-0.39, 0.29) is 11.5 Å². The zero-order chi connectivity index (χ0) is 17.1. The summed E-state index contributed by atoms with van der Waals surface area (Å²) in [5, 5.41) is 0. The van der Waals surface area contributed by atoms with E-state index in [0.29, 0.717) is 13.1 Å². The Morgan fingerprint density at radius 3 is 2.38 bits per heavy atom. The van der Waals surface area contributed by atoms with Crippen LogP contribution in [0.1, 0.15) is 21.5 Å². The van der Waals surface area contributed by atoms with Gasteiger partial charge in [-0.15, -0.1) is 0 Å². The zero-order valence-corrected chi connectivity index (χ0v) is 13.6. The first kappa shape index (κ1) is 16.6. The van der Waals surface area contributed by atoms with Gasteiger partial charge >= 0.3 is 0 Å². The molecular formula is C19H20F2N2O. The summed E-state index contributed by atoms with van der Waals surface area (Å²) in [6.07, 6.45) is 0. The van der Waals surface area contributed by atoms with Crippen LogP contribution in [0.15, 0.2) is 42.5 Å². The minimum Gasteiger partial charge on any atom is -0.336 e. The monoisotopic (exact) mass is 330 g/mol. The molecule has 2 aromatic rings. The van der Waals surface area contributed by atoms with Gasteiger partial charge in [0.15, 0.2) is 11.6 Å². The fraction of sp³-hybridized carbons (Fsp3) is 0.316. The van der Waals surface area contributed by atoms with Crippen molar-refractivity contribution in [3.05, 3.63) is 70.8 Å². The molecule has 24 heavy (non-hydrogen) atoms. The molecule has 0 saturated carbocycles. The molecule has 0 radical (unpaired) electrons. The summed E-state index contributed by atoms with van der Waals surface area (Å²) in [7, 11) is 0. The number of nitrogens with zero attached hydrogens (tertiary/aromatic N) is 2. The van der Waals surface area contributed by atoms with E-state index in [1.54, 1.807) is 4.90 Å². The van der Waals surface area contributed by atoms with Crippen LogP contribution in [0.5, 0.6) is 0 Å². The molecule has 0 aromatic heterocycles. The first-order chi connectivity index (χ1) is 11.5.